The van der Waals surface area contributed by atoms with Gasteiger partial charge >= 0.3 is 0 Å². The lowest BCUT2D eigenvalue weighted by atomic mass is 9.86. The van der Waals surface area contributed by atoms with Crippen LogP contribution in [0.1, 0.15) is 34.8 Å². The highest BCUT2D eigenvalue weighted by Gasteiger charge is 2.44. The molecule has 2 atom stereocenters. The smallest absolute Gasteiger partial charge is 0.161 e. The molecule has 3 aromatic heterocycles. The van der Waals surface area contributed by atoms with Gasteiger partial charge in [-0.1, -0.05) is 17.7 Å². The average Bonchev–Trinajstić information content (AvgIpc) is 3.31. The van der Waals surface area contributed by atoms with E-state index in [9.17, 15) is 0 Å². The summed E-state index contributed by atoms with van der Waals surface area (Å²) in [6.45, 7) is 6.85. The number of benzene rings is 1. The number of ether oxygens (including phenoxy) is 1. The van der Waals surface area contributed by atoms with E-state index in [1.165, 1.54) is 12.0 Å². The fourth-order valence-corrected chi connectivity index (χ4v) is 5.74. The van der Waals surface area contributed by atoms with Crippen molar-refractivity contribution in [2.75, 3.05) is 25.1 Å². The molecule has 0 spiro atoms. The molecule has 0 saturated carbocycles. The molecule has 6 heterocycles. The van der Waals surface area contributed by atoms with Crippen LogP contribution < -0.4 is 9.64 Å². The quantitative estimate of drug-likeness (QED) is 0.385. The van der Waals surface area contributed by atoms with E-state index in [-0.39, 0.29) is 0 Å². The molecule has 2 bridgehead atoms. The predicted molar refractivity (Wildman–Crippen MR) is 144 cm³/mol. The van der Waals surface area contributed by atoms with Crippen LogP contribution in [0.4, 0.5) is 5.82 Å². The Balaban J connectivity index is 1.11. The van der Waals surface area contributed by atoms with Crippen LogP contribution in [0.3, 0.4) is 0 Å². The molecule has 190 valence electrons. The maximum Gasteiger partial charge on any atom is 0.161 e. The Morgan fingerprint density at radius 2 is 1.86 bits per heavy atom. The summed E-state index contributed by atoms with van der Waals surface area (Å²) in [5.74, 6) is 2.42. The monoisotopic (exact) mass is 515 g/mol. The summed E-state index contributed by atoms with van der Waals surface area (Å²) in [6.07, 6.45) is 3.79. The minimum Gasteiger partial charge on any atom is -0.495 e. The summed E-state index contributed by atoms with van der Waals surface area (Å²) in [5, 5.41) is 8.00. The molecular formula is C28H30ClN7O. The lowest BCUT2D eigenvalue weighted by Gasteiger charge is -2.56. The number of hydrogen-bond donors (Lipinski definition) is 1. The number of H-pyrrole nitrogens is 1. The number of hydrogen-bond acceptors (Lipinski definition) is 7. The van der Waals surface area contributed by atoms with Gasteiger partial charge in [0.25, 0.3) is 0 Å². The van der Waals surface area contributed by atoms with Gasteiger partial charge in [0.05, 0.1) is 23.5 Å². The van der Waals surface area contributed by atoms with Gasteiger partial charge in [0, 0.05) is 61.3 Å². The second kappa shape index (κ2) is 9.76. The summed E-state index contributed by atoms with van der Waals surface area (Å²) in [5.41, 5.74) is 6.05. The largest absolute Gasteiger partial charge is 0.495 e. The summed E-state index contributed by atoms with van der Waals surface area (Å²) in [4.78, 5) is 19.2. The standard InChI is InChI=1S/C28H30ClN7O/c1-17-8-21(11-22-9-18(2)33-34-22)32-28(31-17)20-5-7-27(30-13-20)35-15-23-12-24(16-35)36(23)14-19-4-6-26(37-3)25(29)10-19/h4-10,13,23-24H,11-12,14-16H2,1-3H3,(H,33,34). The number of anilines is 1. The van der Waals surface area contributed by atoms with Crippen molar-refractivity contribution in [1.29, 1.82) is 0 Å². The van der Waals surface area contributed by atoms with Crippen molar-refractivity contribution < 1.29 is 4.74 Å². The molecule has 1 N–H and O–H groups in total. The Labute approximate surface area is 221 Å². The highest BCUT2D eigenvalue weighted by molar-refractivity contribution is 6.32. The van der Waals surface area contributed by atoms with Crippen molar-refractivity contribution in [2.24, 2.45) is 0 Å². The van der Waals surface area contributed by atoms with Gasteiger partial charge in [0.2, 0.25) is 0 Å². The first-order valence-corrected chi connectivity index (χ1v) is 13.0. The molecule has 4 aromatic rings. The average molecular weight is 516 g/mol. The number of piperidine rings is 1. The van der Waals surface area contributed by atoms with E-state index in [0.717, 1.165) is 59.5 Å². The molecule has 3 aliphatic heterocycles. The Morgan fingerprint density at radius 3 is 2.54 bits per heavy atom. The van der Waals surface area contributed by atoms with Crippen LogP contribution >= 0.6 is 11.6 Å². The first-order valence-electron chi connectivity index (χ1n) is 12.6. The van der Waals surface area contributed by atoms with E-state index in [1.807, 2.05) is 44.3 Å². The lowest BCUT2D eigenvalue weighted by molar-refractivity contribution is -0.00868. The van der Waals surface area contributed by atoms with E-state index in [1.54, 1.807) is 7.11 Å². The Bertz CT molecular complexity index is 1410. The van der Waals surface area contributed by atoms with Crippen molar-refractivity contribution in [3.63, 3.8) is 0 Å². The molecule has 2 unspecified atom stereocenters. The van der Waals surface area contributed by atoms with E-state index >= 15 is 0 Å². The van der Waals surface area contributed by atoms with Crippen LogP contribution in [0.5, 0.6) is 5.75 Å². The number of rotatable bonds is 7. The zero-order valence-electron chi connectivity index (χ0n) is 21.3. The number of aromatic nitrogens is 5. The molecule has 1 aromatic carbocycles. The number of methoxy groups -OCH3 is 1. The Hall–Kier alpha value is -3.49. The van der Waals surface area contributed by atoms with Crippen LogP contribution in [0.2, 0.25) is 5.02 Å². The van der Waals surface area contributed by atoms with Crippen molar-refractivity contribution in [3.8, 4) is 17.1 Å². The number of nitrogens with one attached hydrogen (secondary N) is 1. The summed E-state index contributed by atoms with van der Waals surface area (Å²) >= 11 is 6.34. The van der Waals surface area contributed by atoms with Gasteiger partial charge < -0.3 is 9.64 Å². The Kier molecular flexibility index (Phi) is 6.30. The fourth-order valence-electron chi connectivity index (χ4n) is 5.46. The molecule has 0 aliphatic carbocycles. The van der Waals surface area contributed by atoms with Gasteiger partial charge in [-0.3, -0.25) is 10.00 Å². The van der Waals surface area contributed by atoms with E-state index in [4.69, 9.17) is 26.3 Å². The molecule has 3 saturated heterocycles. The number of nitrogens with zero attached hydrogens (tertiary/aromatic N) is 6. The maximum absolute atomic E-state index is 6.34. The minimum atomic E-state index is 0.523. The maximum atomic E-state index is 6.34. The molecule has 37 heavy (non-hydrogen) atoms. The molecule has 0 radical (unpaired) electrons. The van der Waals surface area contributed by atoms with E-state index in [2.05, 4.69) is 43.2 Å². The number of aromatic amines is 1. The normalized spacial score (nSPS) is 19.1. The predicted octanol–water partition coefficient (Wildman–Crippen LogP) is 4.59. The third kappa shape index (κ3) is 4.91. The zero-order chi connectivity index (χ0) is 25.5. The number of fused-ring (bicyclic) bond motifs is 2. The number of aryl methyl sites for hydroxylation is 2. The van der Waals surface area contributed by atoms with Crippen molar-refractivity contribution >= 4 is 17.4 Å². The third-order valence-electron chi connectivity index (χ3n) is 7.28. The molecule has 0 amide bonds. The molecular weight excluding hydrogens is 486 g/mol. The minimum absolute atomic E-state index is 0.523. The van der Waals surface area contributed by atoms with Gasteiger partial charge in [0.1, 0.15) is 11.6 Å². The highest BCUT2D eigenvalue weighted by atomic mass is 35.5. The molecule has 7 rings (SSSR count). The first kappa shape index (κ1) is 23.9. The summed E-state index contributed by atoms with van der Waals surface area (Å²) < 4.78 is 5.29. The lowest BCUT2D eigenvalue weighted by Crippen LogP contribution is -2.68. The van der Waals surface area contributed by atoms with Crippen molar-refractivity contribution in [2.45, 2.75) is 45.3 Å². The van der Waals surface area contributed by atoms with Crippen LogP contribution in [-0.4, -0.2) is 62.3 Å². The van der Waals surface area contributed by atoms with E-state index in [0.29, 0.717) is 29.4 Å². The van der Waals surface area contributed by atoms with Crippen molar-refractivity contribution in [1.82, 2.24) is 30.0 Å². The molecule has 3 fully saturated rings. The zero-order valence-corrected chi connectivity index (χ0v) is 22.0. The number of pyridine rings is 1. The van der Waals surface area contributed by atoms with Crippen LogP contribution in [-0.2, 0) is 13.0 Å². The Morgan fingerprint density at radius 1 is 1.03 bits per heavy atom. The first-order chi connectivity index (χ1) is 17.9. The van der Waals surface area contributed by atoms with Crippen LogP contribution in [0.15, 0.2) is 48.7 Å². The molecule has 3 aliphatic rings. The van der Waals surface area contributed by atoms with Gasteiger partial charge in [-0.25, -0.2) is 15.0 Å². The summed E-state index contributed by atoms with van der Waals surface area (Å²) in [7, 11) is 1.64. The second-order valence-corrected chi connectivity index (χ2v) is 10.4. The van der Waals surface area contributed by atoms with Gasteiger partial charge in [-0.2, -0.15) is 5.10 Å². The number of piperazine rings is 1. The van der Waals surface area contributed by atoms with Gasteiger partial charge in [-0.15, -0.1) is 0 Å². The second-order valence-electron chi connectivity index (χ2n) is 10.0. The molecule has 8 nitrogen and oxygen atoms in total. The number of halogens is 1. The third-order valence-corrected chi connectivity index (χ3v) is 7.58. The van der Waals surface area contributed by atoms with Crippen LogP contribution in [0, 0.1) is 13.8 Å². The topological polar surface area (TPSA) is 83.1 Å². The summed E-state index contributed by atoms with van der Waals surface area (Å²) in [6, 6.07) is 15.3. The SMILES string of the molecule is COc1ccc(CN2C3CC2CN(c2ccc(-c4nc(C)cc(Cc5cc(C)[nH]n5)n4)cn2)C3)cc1Cl. The highest BCUT2D eigenvalue weighted by Crippen LogP contribution is 2.36. The van der Waals surface area contributed by atoms with Crippen molar-refractivity contribution in [3.05, 3.63) is 82.0 Å². The van der Waals surface area contributed by atoms with Crippen LogP contribution in [0.25, 0.3) is 11.4 Å². The van der Waals surface area contributed by atoms with Gasteiger partial charge in [0.15, 0.2) is 5.82 Å². The van der Waals surface area contributed by atoms with E-state index < -0.39 is 0 Å². The fraction of sp³-hybridized carbons (Fsp3) is 0.357. The van der Waals surface area contributed by atoms with Gasteiger partial charge in [-0.05, 0) is 62.2 Å². The molecule has 9 heteroatoms.